The van der Waals surface area contributed by atoms with E-state index in [0.29, 0.717) is 0 Å². The first-order valence-electron chi connectivity index (χ1n) is 21.3. The zero-order valence-electron chi connectivity index (χ0n) is 37.8. The van der Waals surface area contributed by atoms with Crippen LogP contribution in [0.1, 0.15) is 107 Å². The summed E-state index contributed by atoms with van der Waals surface area (Å²) in [4.78, 5) is 153. The number of nitrogens with two attached hydrogens (primary N) is 2. The lowest BCUT2D eigenvalue weighted by atomic mass is 9.98. The summed E-state index contributed by atoms with van der Waals surface area (Å²) < 4.78 is 0. The van der Waals surface area contributed by atoms with Gasteiger partial charge in [0.2, 0.25) is 70.9 Å². The van der Waals surface area contributed by atoms with Crippen LogP contribution in [0.5, 0.6) is 0 Å². The van der Waals surface area contributed by atoms with Gasteiger partial charge < -0.3 is 70.0 Å². The monoisotopic (exact) mass is 917 g/mol. The summed E-state index contributed by atoms with van der Waals surface area (Å²) in [5.74, 6) is -6.89. The molecule has 15 N–H and O–H groups in total. The number of nitrogens with one attached hydrogen (secondary N) is 11. The van der Waals surface area contributed by atoms with Gasteiger partial charge in [0, 0.05) is 51.4 Å². The third kappa shape index (κ3) is 14.0. The number of primary amides is 1. The fourth-order valence-electron chi connectivity index (χ4n) is 7.80. The van der Waals surface area contributed by atoms with E-state index in [4.69, 9.17) is 11.5 Å². The second-order valence-corrected chi connectivity index (χ2v) is 19.4. The summed E-state index contributed by atoms with van der Waals surface area (Å²) in [6.07, 6.45) is -1.75. The average molecular weight is 918 g/mol. The van der Waals surface area contributed by atoms with Crippen molar-refractivity contribution in [3.8, 4) is 0 Å². The van der Waals surface area contributed by atoms with Gasteiger partial charge in [0.05, 0.1) is 53.9 Å². The van der Waals surface area contributed by atoms with E-state index in [2.05, 4.69) is 58.5 Å². The van der Waals surface area contributed by atoms with Crippen molar-refractivity contribution in [2.24, 2.45) is 11.5 Å². The van der Waals surface area contributed by atoms with E-state index in [1.54, 1.807) is 0 Å². The molecular weight excluding hydrogens is 855 g/mol. The fraction of sp³-hybridized carbons (Fsp3) is 0.700. The minimum atomic E-state index is -1.59. The normalized spacial score (nSPS) is 25.6. The highest BCUT2D eigenvalue weighted by Gasteiger charge is 2.44. The quantitative estimate of drug-likeness (QED) is 0.0575. The molecule has 4 heterocycles. The van der Waals surface area contributed by atoms with E-state index in [9.17, 15) is 57.5 Å². The Bertz CT molecular complexity index is 2000. The van der Waals surface area contributed by atoms with Gasteiger partial charge in [-0.25, -0.2) is 0 Å². The van der Waals surface area contributed by atoms with Crippen molar-refractivity contribution in [3.05, 3.63) is 0 Å². The van der Waals surface area contributed by atoms with Crippen molar-refractivity contribution in [1.29, 1.82) is 0 Å². The van der Waals surface area contributed by atoms with Gasteiger partial charge in [-0.3, -0.25) is 57.5 Å². The molecule has 0 aliphatic carbocycles. The second-order valence-electron chi connectivity index (χ2n) is 19.4. The van der Waals surface area contributed by atoms with Crippen LogP contribution in [0.4, 0.5) is 0 Å². The maximum absolute atomic E-state index is 13.5. The number of carbonyl (C=O) groups excluding carboxylic acids is 12. The first kappa shape index (κ1) is 51.2. The van der Waals surface area contributed by atoms with Crippen LogP contribution in [0.25, 0.3) is 0 Å². The second kappa shape index (κ2) is 19.8. The predicted molar refractivity (Wildman–Crippen MR) is 227 cm³/mol. The summed E-state index contributed by atoms with van der Waals surface area (Å²) >= 11 is 0. The van der Waals surface area contributed by atoms with Crippen LogP contribution < -0.4 is 70.0 Å². The molecule has 4 fully saturated rings. The smallest absolute Gasteiger partial charge is 0.245 e. The Kier molecular flexibility index (Phi) is 15.6. The Morgan fingerprint density at radius 1 is 0.446 bits per heavy atom. The maximum Gasteiger partial charge on any atom is 0.245 e. The molecule has 4 aliphatic heterocycles. The third-order valence-corrected chi connectivity index (χ3v) is 11.5. The van der Waals surface area contributed by atoms with Crippen molar-refractivity contribution >= 4 is 70.9 Å². The van der Waals surface area contributed by atoms with E-state index < -0.39 is 130 Å². The molecule has 25 heteroatoms. The molecular formula is C40H63N13O12. The molecule has 360 valence electrons. The van der Waals surface area contributed by atoms with Gasteiger partial charge in [-0.05, 0) is 55.4 Å². The molecule has 0 aromatic heterocycles. The van der Waals surface area contributed by atoms with E-state index >= 15 is 0 Å². The largest absolute Gasteiger partial charge is 0.370 e. The summed E-state index contributed by atoms with van der Waals surface area (Å²) in [5, 5.41) is 29.1. The Labute approximate surface area is 375 Å². The third-order valence-electron chi connectivity index (χ3n) is 11.5. The van der Waals surface area contributed by atoms with Crippen molar-refractivity contribution in [3.63, 3.8) is 0 Å². The predicted octanol–water partition coefficient (Wildman–Crippen LogP) is -6.05. The molecule has 65 heavy (non-hydrogen) atoms. The number of amides is 12. The average Bonchev–Trinajstić information content (AvgIpc) is 3.87. The minimum Gasteiger partial charge on any atom is -0.370 e. The summed E-state index contributed by atoms with van der Waals surface area (Å²) in [6.45, 7) is 11.5. The molecule has 0 aromatic rings. The molecule has 12 amide bonds. The molecule has 4 saturated heterocycles. The fourth-order valence-corrected chi connectivity index (χ4v) is 7.80. The van der Waals surface area contributed by atoms with Gasteiger partial charge in [-0.15, -0.1) is 0 Å². The first-order chi connectivity index (χ1) is 29.8. The zero-order chi connectivity index (χ0) is 49.0. The molecule has 8 atom stereocenters. The van der Waals surface area contributed by atoms with Crippen LogP contribution in [-0.2, 0) is 57.5 Å². The van der Waals surface area contributed by atoms with Crippen LogP contribution in [0.2, 0.25) is 0 Å². The van der Waals surface area contributed by atoms with E-state index in [0.717, 1.165) is 0 Å². The van der Waals surface area contributed by atoms with Crippen molar-refractivity contribution in [2.75, 3.05) is 0 Å². The number of rotatable bonds is 19. The number of carbonyl (C=O) groups is 12. The summed E-state index contributed by atoms with van der Waals surface area (Å²) in [6, 6.07) is -6.59. The van der Waals surface area contributed by atoms with Crippen molar-refractivity contribution < 1.29 is 57.5 Å². The van der Waals surface area contributed by atoms with Crippen LogP contribution in [0, 0.1) is 0 Å². The highest BCUT2D eigenvalue weighted by atomic mass is 16.2. The van der Waals surface area contributed by atoms with Gasteiger partial charge in [0.1, 0.15) is 16.6 Å². The molecule has 0 unspecified atom stereocenters. The molecule has 0 spiro atoms. The lowest BCUT2D eigenvalue weighted by molar-refractivity contribution is -0.134. The summed E-state index contributed by atoms with van der Waals surface area (Å²) in [5.41, 5.74) is 5.25. The molecule has 25 nitrogen and oxygen atoms in total. The lowest BCUT2D eigenvalue weighted by Crippen LogP contribution is -2.61. The highest BCUT2D eigenvalue weighted by Crippen LogP contribution is 2.20. The van der Waals surface area contributed by atoms with E-state index in [1.807, 2.05) is 0 Å². The topological polar surface area (TPSA) is 389 Å². The Balaban J connectivity index is 1.28. The van der Waals surface area contributed by atoms with Crippen LogP contribution in [0.3, 0.4) is 0 Å². The molecule has 4 rings (SSSR count). The first-order valence-corrected chi connectivity index (χ1v) is 21.3. The van der Waals surface area contributed by atoms with Gasteiger partial charge in [-0.1, -0.05) is 0 Å². The number of hydrogen-bond acceptors (Lipinski definition) is 13. The Morgan fingerprint density at radius 2 is 0.677 bits per heavy atom. The zero-order valence-corrected chi connectivity index (χ0v) is 37.8. The maximum atomic E-state index is 13.5. The van der Waals surface area contributed by atoms with Crippen molar-refractivity contribution in [2.45, 2.75) is 177 Å². The number of hydrogen-bond donors (Lipinski definition) is 13. The molecule has 0 radical (unpaired) electrons. The SMILES string of the molecule is CC(C)(N)C(=O)N[C@H]1CC(=O)N[C@@H]1CC(=O)NC(C)(C)C(=O)N[C@H]1CC(=O)N[C@@H]1CC(=O)NC(C)(C)C(=O)N[C@H]1CC(=O)N[C@@H]1CC(=O)NC(C)(C)C(=O)N[C@H]1CC(=O)N[C@@H]1CC(N)=O. The van der Waals surface area contributed by atoms with Gasteiger partial charge in [0.25, 0.3) is 0 Å². The van der Waals surface area contributed by atoms with Crippen LogP contribution in [0.15, 0.2) is 0 Å². The Hall–Kier alpha value is -6.40. The van der Waals surface area contributed by atoms with E-state index in [-0.39, 0.29) is 63.2 Å². The Morgan fingerprint density at radius 3 is 0.908 bits per heavy atom. The van der Waals surface area contributed by atoms with Gasteiger partial charge >= 0.3 is 0 Å². The molecule has 0 bridgehead atoms. The minimum absolute atomic E-state index is 0.0676. The molecule has 4 aliphatic rings. The lowest BCUT2D eigenvalue weighted by Gasteiger charge is -2.31. The van der Waals surface area contributed by atoms with Crippen LogP contribution >= 0.6 is 0 Å². The molecule has 0 aromatic carbocycles. The van der Waals surface area contributed by atoms with Crippen molar-refractivity contribution in [1.82, 2.24) is 58.5 Å². The van der Waals surface area contributed by atoms with Gasteiger partial charge in [0.15, 0.2) is 0 Å². The van der Waals surface area contributed by atoms with Crippen LogP contribution in [-0.4, -0.2) is 141 Å². The highest BCUT2D eigenvalue weighted by molar-refractivity contribution is 5.96. The standard InChI is InChI=1S/C40H63N13O12/c1-37(2,42)33(62)47-22-11-27(56)44-18(22)14-30(59)51-39(5,6)35(64)49-24-13-29(58)46-20(24)16-32(61)53-40(7,8)36(65)50-23-12-28(57)45-19(23)15-31(60)52-38(3,4)34(63)48-21-10-26(55)43-17(21)9-25(41)54/h17-24H,9-16,42H2,1-8H3,(H2,41,54)(H,43,55)(H,44,56)(H,45,57)(H,46,58)(H,47,62)(H,48,63)(H,49,64)(H,50,65)(H,51,59)(H,52,60)(H,53,61)/t17-,18-,19-,20-,21+,22+,23+,24+/m1/s1. The molecule has 0 saturated carbocycles. The summed E-state index contributed by atoms with van der Waals surface area (Å²) in [7, 11) is 0. The van der Waals surface area contributed by atoms with Gasteiger partial charge in [-0.2, -0.15) is 0 Å². The van der Waals surface area contributed by atoms with E-state index in [1.165, 1.54) is 55.4 Å².